The van der Waals surface area contributed by atoms with Crippen molar-refractivity contribution in [2.24, 2.45) is 0 Å². The lowest BCUT2D eigenvalue weighted by Crippen LogP contribution is -2.09. The normalized spacial score (nSPS) is 9.27. The first-order chi connectivity index (χ1) is 12.4. The summed E-state index contributed by atoms with van der Waals surface area (Å²) in [4.78, 5) is 9.86. The van der Waals surface area contributed by atoms with Gasteiger partial charge in [0.05, 0.1) is 17.2 Å². The van der Waals surface area contributed by atoms with Crippen molar-refractivity contribution >= 4 is 43.2 Å². The van der Waals surface area contributed by atoms with Gasteiger partial charge in [0, 0.05) is 21.1 Å². The molecular formula is C18H25Br2N3O3. The molecule has 2 rings (SSSR count). The minimum absolute atomic E-state index is 0.00273. The second-order valence-electron chi connectivity index (χ2n) is 4.78. The first-order valence-corrected chi connectivity index (χ1v) is 9.73. The lowest BCUT2D eigenvalue weighted by Gasteiger charge is -2.00. The zero-order valence-electron chi connectivity index (χ0n) is 15.2. The number of nitrogen functional groups attached to an aromatic ring is 1. The van der Waals surface area contributed by atoms with Gasteiger partial charge in [0.25, 0.3) is 5.69 Å². The highest BCUT2D eigenvalue weighted by Gasteiger charge is 2.11. The average molecular weight is 491 g/mol. The molecular weight excluding hydrogens is 466 g/mol. The van der Waals surface area contributed by atoms with Crippen LogP contribution in [0.1, 0.15) is 20.8 Å². The summed E-state index contributed by atoms with van der Waals surface area (Å²) in [6.07, 6.45) is 0. The molecule has 0 aliphatic heterocycles. The van der Waals surface area contributed by atoms with Crippen molar-refractivity contribution in [3.8, 4) is 5.75 Å². The van der Waals surface area contributed by atoms with Crippen LogP contribution in [0.15, 0.2) is 51.4 Å². The van der Waals surface area contributed by atoms with Gasteiger partial charge in [0.2, 0.25) is 0 Å². The van der Waals surface area contributed by atoms with Crippen LogP contribution in [0.5, 0.6) is 5.75 Å². The van der Waals surface area contributed by atoms with Gasteiger partial charge in [-0.05, 0) is 64.0 Å². The number of ether oxygens (including phenoxy) is 1. The Morgan fingerprint density at radius 2 is 1.58 bits per heavy atom. The number of rotatable bonds is 5. The van der Waals surface area contributed by atoms with E-state index in [1.165, 1.54) is 12.1 Å². The lowest BCUT2D eigenvalue weighted by atomic mass is 10.3. The largest absolute Gasteiger partial charge is 0.494 e. The SMILES string of the molecule is CCNCC.CCOc1ccccc1.Nc1c(Br)cc([N+](=O)[O-])cc1Br. The van der Waals surface area contributed by atoms with E-state index in [0.717, 1.165) is 25.4 Å². The monoisotopic (exact) mass is 489 g/mol. The molecule has 26 heavy (non-hydrogen) atoms. The van der Waals surface area contributed by atoms with Gasteiger partial charge in [0.1, 0.15) is 5.75 Å². The van der Waals surface area contributed by atoms with Crippen LogP contribution in [0.25, 0.3) is 0 Å². The van der Waals surface area contributed by atoms with E-state index in [1.807, 2.05) is 37.3 Å². The standard InChI is InChI=1S/C8H10O.C6H4Br2N2O2.C4H11N/c1-2-9-8-6-4-3-5-7-8;7-4-1-3(10(11)12)2-5(8)6(4)9;1-3-5-4-2/h3-7H,2H2,1H3;1-2H,9H2;5H,3-4H2,1-2H3. The molecule has 0 spiro atoms. The summed E-state index contributed by atoms with van der Waals surface area (Å²) in [7, 11) is 0. The van der Waals surface area contributed by atoms with Crippen LogP contribution in [-0.2, 0) is 0 Å². The summed E-state index contributed by atoms with van der Waals surface area (Å²) in [6.45, 7) is 9.11. The number of nitrogens with zero attached hydrogens (tertiary/aromatic N) is 1. The smallest absolute Gasteiger partial charge is 0.271 e. The van der Waals surface area contributed by atoms with Gasteiger partial charge in [-0.2, -0.15) is 0 Å². The van der Waals surface area contributed by atoms with E-state index in [9.17, 15) is 10.1 Å². The summed E-state index contributed by atoms with van der Waals surface area (Å²) >= 11 is 6.21. The van der Waals surface area contributed by atoms with Gasteiger partial charge < -0.3 is 15.8 Å². The minimum atomic E-state index is -0.477. The number of benzene rings is 2. The summed E-state index contributed by atoms with van der Waals surface area (Å²) in [5, 5.41) is 13.5. The van der Waals surface area contributed by atoms with E-state index < -0.39 is 4.92 Å². The fourth-order valence-electron chi connectivity index (χ4n) is 1.61. The molecule has 2 aromatic rings. The Morgan fingerprint density at radius 3 is 1.92 bits per heavy atom. The van der Waals surface area contributed by atoms with Crippen molar-refractivity contribution in [3.05, 3.63) is 61.5 Å². The lowest BCUT2D eigenvalue weighted by molar-refractivity contribution is -0.385. The number of para-hydroxylation sites is 1. The van der Waals surface area contributed by atoms with Crippen molar-refractivity contribution in [1.29, 1.82) is 0 Å². The number of nitrogens with two attached hydrogens (primary N) is 1. The van der Waals surface area contributed by atoms with Crippen molar-refractivity contribution < 1.29 is 9.66 Å². The highest BCUT2D eigenvalue weighted by molar-refractivity contribution is 9.11. The number of non-ortho nitro benzene ring substituents is 1. The van der Waals surface area contributed by atoms with Crippen molar-refractivity contribution in [3.63, 3.8) is 0 Å². The van der Waals surface area contributed by atoms with Crippen molar-refractivity contribution in [2.75, 3.05) is 25.4 Å². The third-order valence-electron chi connectivity index (χ3n) is 2.83. The maximum Gasteiger partial charge on any atom is 0.271 e. The number of nitrogens with one attached hydrogen (secondary N) is 1. The molecule has 0 aromatic heterocycles. The molecule has 0 bridgehead atoms. The van der Waals surface area contributed by atoms with Gasteiger partial charge in [-0.1, -0.05) is 32.0 Å². The van der Waals surface area contributed by atoms with Crippen LogP contribution in [0, 0.1) is 10.1 Å². The molecule has 0 aliphatic rings. The Kier molecular flexibility index (Phi) is 13.6. The molecule has 6 nitrogen and oxygen atoms in total. The maximum atomic E-state index is 10.3. The fraction of sp³-hybridized carbons (Fsp3) is 0.333. The molecule has 0 saturated carbocycles. The molecule has 144 valence electrons. The van der Waals surface area contributed by atoms with Crippen molar-refractivity contribution in [2.45, 2.75) is 20.8 Å². The zero-order chi connectivity index (χ0) is 19.9. The van der Waals surface area contributed by atoms with Crippen LogP contribution in [-0.4, -0.2) is 24.6 Å². The predicted octanol–water partition coefficient (Wildman–Crippen LogP) is 5.40. The molecule has 0 atom stereocenters. The van der Waals surface area contributed by atoms with Crippen LogP contribution < -0.4 is 15.8 Å². The Hall–Kier alpha value is -1.64. The Bertz CT molecular complexity index is 630. The van der Waals surface area contributed by atoms with Gasteiger partial charge >= 0.3 is 0 Å². The number of nitro groups is 1. The van der Waals surface area contributed by atoms with E-state index in [0.29, 0.717) is 14.6 Å². The van der Waals surface area contributed by atoms with E-state index in [1.54, 1.807) is 0 Å². The molecule has 3 N–H and O–H groups in total. The van der Waals surface area contributed by atoms with Gasteiger partial charge in [-0.15, -0.1) is 0 Å². The molecule has 2 aromatic carbocycles. The zero-order valence-corrected chi connectivity index (χ0v) is 18.3. The third kappa shape index (κ3) is 10.4. The average Bonchev–Trinajstić information content (AvgIpc) is 2.62. The van der Waals surface area contributed by atoms with Gasteiger partial charge in [-0.3, -0.25) is 10.1 Å². The first-order valence-electron chi connectivity index (χ1n) is 8.14. The number of anilines is 1. The Morgan fingerprint density at radius 1 is 1.08 bits per heavy atom. The molecule has 0 saturated heterocycles. The van der Waals surface area contributed by atoms with E-state index in [-0.39, 0.29) is 5.69 Å². The number of halogens is 2. The summed E-state index contributed by atoms with van der Waals surface area (Å²) < 4.78 is 6.24. The topological polar surface area (TPSA) is 90.4 Å². The molecule has 0 heterocycles. The van der Waals surface area contributed by atoms with Crippen LogP contribution in [0.3, 0.4) is 0 Å². The second-order valence-corrected chi connectivity index (χ2v) is 6.49. The quantitative estimate of drug-likeness (QED) is 0.332. The maximum absolute atomic E-state index is 10.3. The summed E-state index contributed by atoms with van der Waals surface area (Å²) in [6, 6.07) is 12.5. The molecule has 0 fully saturated rings. The second kappa shape index (κ2) is 14.5. The van der Waals surface area contributed by atoms with Gasteiger partial charge in [0.15, 0.2) is 0 Å². The van der Waals surface area contributed by atoms with E-state index >= 15 is 0 Å². The fourth-order valence-corrected chi connectivity index (χ4v) is 2.77. The molecule has 0 amide bonds. The molecule has 0 unspecified atom stereocenters. The minimum Gasteiger partial charge on any atom is -0.494 e. The van der Waals surface area contributed by atoms with Crippen LogP contribution >= 0.6 is 31.9 Å². The predicted molar refractivity (Wildman–Crippen MR) is 115 cm³/mol. The Balaban J connectivity index is 0.000000394. The van der Waals surface area contributed by atoms with Crippen molar-refractivity contribution in [1.82, 2.24) is 5.32 Å². The van der Waals surface area contributed by atoms with E-state index in [2.05, 4.69) is 51.0 Å². The van der Waals surface area contributed by atoms with Crippen LogP contribution in [0.4, 0.5) is 11.4 Å². The van der Waals surface area contributed by atoms with Crippen LogP contribution in [0.2, 0.25) is 0 Å². The third-order valence-corrected chi connectivity index (χ3v) is 4.14. The molecule has 0 radical (unpaired) electrons. The Labute approximate surface area is 171 Å². The highest BCUT2D eigenvalue weighted by atomic mass is 79.9. The van der Waals surface area contributed by atoms with E-state index in [4.69, 9.17) is 10.5 Å². The number of hydrogen-bond donors (Lipinski definition) is 2. The summed E-state index contributed by atoms with van der Waals surface area (Å²) in [5.74, 6) is 0.944. The first kappa shape index (κ1) is 24.4. The van der Waals surface area contributed by atoms with Gasteiger partial charge in [-0.25, -0.2) is 0 Å². The summed E-state index contributed by atoms with van der Waals surface area (Å²) in [5.41, 5.74) is 6.00. The number of hydrogen-bond acceptors (Lipinski definition) is 5. The molecule has 8 heteroatoms. The number of nitro benzene ring substituents is 1. The molecule has 0 aliphatic carbocycles. The highest BCUT2D eigenvalue weighted by Crippen LogP contribution is 2.32.